The van der Waals surface area contributed by atoms with Crippen LogP contribution in [0.4, 0.5) is 5.69 Å². The third-order valence-electron chi connectivity index (χ3n) is 5.59. The van der Waals surface area contributed by atoms with Crippen molar-refractivity contribution >= 4 is 17.5 Å². The van der Waals surface area contributed by atoms with Gasteiger partial charge in [0.25, 0.3) is 11.8 Å². The first-order valence-corrected chi connectivity index (χ1v) is 10.6. The fourth-order valence-electron chi connectivity index (χ4n) is 3.91. The molecule has 0 bridgehead atoms. The van der Waals surface area contributed by atoms with Crippen molar-refractivity contribution in [1.82, 2.24) is 19.9 Å². The molecule has 8 nitrogen and oxygen atoms in total. The maximum atomic E-state index is 13.1. The minimum Gasteiger partial charge on any atom is -0.495 e. The van der Waals surface area contributed by atoms with Gasteiger partial charge in [0.2, 0.25) is 0 Å². The van der Waals surface area contributed by atoms with E-state index < -0.39 is 0 Å². The van der Waals surface area contributed by atoms with E-state index in [9.17, 15) is 9.59 Å². The van der Waals surface area contributed by atoms with Crippen LogP contribution in [0.25, 0.3) is 0 Å². The van der Waals surface area contributed by atoms with E-state index in [0.29, 0.717) is 40.6 Å². The number of amides is 2. The van der Waals surface area contributed by atoms with E-state index in [-0.39, 0.29) is 17.9 Å². The molecule has 3 aromatic rings. The van der Waals surface area contributed by atoms with E-state index in [0.717, 1.165) is 19.3 Å². The van der Waals surface area contributed by atoms with Crippen LogP contribution in [-0.4, -0.2) is 45.3 Å². The van der Waals surface area contributed by atoms with Crippen molar-refractivity contribution in [1.29, 1.82) is 0 Å². The Hall–Kier alpha value is -3.81. The minimum atomic E-state index is -0.313. The monoisotopic (exact) mass is 431 g/mol. The number of likely N-dealkylation sites (tertiary alicyclic amines) is 1. The van der Waals surface area contributed by atoms with Crippen LogP contribution in [-0.2, 0) is 0 Å². The zero-order valence-electron chi connectivity index (χ0n) is 18.1. The summed E-state index contributed by atoms with van der Waals surface area (Å²) in [4.78, 5) is 40.8. The summed E-state index contributed by atoms with van der Waals surface area (Å²) in [7, 11) is 1.55. The van der Waals surface area contributed by atoms with Crippen LogP contribution in [0, 0.1) is 6.92 Å². The van der Waals surface area contributed by atoms with Gasteiger partial charge < -0.3 is 15.0 Å². The number of aryl methyl sites for hydroxylation is 1. The van der Waals surface area contributed by atoms with Crippen LogP contribution < -0.4 is 10.1 Å². The molecule has 1 saturated heterocycles. The van der Waals surface area contributed by atoms with Gasteiger partial charge in [-0.25, -0.2) is 9.97 Å². The van der Waals surface area contributed by atoms with Gasteiger partial charge in [0.05, 0.1) is 30.1 Å². The van der Waals surface area contributed by atoms with Gasteiger partial charge in [-0.15, -0.1) is 0 Å². The van der Waals surface area contributed by atoms with Gasteiger partial charge in [-0.2, -0.15) is 0 Å². The number of pyridine rings is 1. The number of hydrogen-bond acceptors (Lipinski definition) is 6. The van der Waals surface area contributed by atoms with Crippen LogP contribution in [0.2, 0.25) is 0 Å². The molecule has 4 rings (SSSR count). The Morgan fingerprint density at radius 3 is 2.66 bits per heavy atom. The number of rotatable bonds is 5. The van der Waals surface area contributed by atoms with E-state index in [1.807, 2.05) is 17.0 Å². The number of anilines is 1. The number of para-hydroxylation sites is 2. The lowest BCUT2D eigenvalue weighted by molar-refractivity contribution is 0.0599. The van der Waals surface area contributed by atoms with E-state index >= 15 is 0 Å². The normalized spacial score (nSPS) is 15.8. The second-order valence-corrected chi connectivity index (χ2v) is 7.63. The summed E-state index contributed by atoms with van der Waals surface area (Å²) in [5.41, 5.74) is 2.10. The van der Waals surface area contributed by atoms with E-state index in [1.54, 1.807) is 50.7 Å². The number of carbonyl (C=O) groups excluding carboxylic acids is 2. The lowest BCUT2D eigenvalue weighted by Gasteiger charge is -2.35. The molecule has 0 unspecified atom stereocenters. The van der Waals surface area contributed by atoms with Gasteiger partial charge in [0.15, 0.2) is 5.82 Å². The van der Waals surface area contributed by atoms with Gasteiger partial charge in [-0.3, -0.25) is 14.6 Å². The molecule has 2 aromatic heterocycles. The van der Waals surface area contributed by atoms with Crippen LogP contribution in [0.5, 0.6) is 5.75 Å². The smallest absolute Gasteiger partial charge is 0.259 e. The average molecular weight is 431 g/mol. The summed E-state index contributed by atoms with van der Waals surface area (Å²) in [6.45, 7) is 2.42. The molecule has 0 radical (unpaired) electrons. The molecule has 8 heteroatoms. The molecule has 2 amide bonds. The maximum Gasteiger partial charge on any atom is 0.259 e. The lowest BCUT2D eigenvalue weighted by atomic mass is 10.00. The Morgan fingerprint density at radius 1 is 1.12 bits per heavy atom. The summed E-state index contributed by atoms with van der Waals surface area (Å²) >= 11 is 0. The standard InChI is InChI=1S/C24H25N5O3/c1-16-18(23(30)28-19-7-3-4-9-21(19)32-2)15-26-22(27-16)20-8-5-6-14-29(20)24(31)17-10-12-25-13-11-17/h3-4,7,9-13,15,20H,5-6,8,14H2,1-2H3,(H,28,30)/t20-/m0/s1. The topological polar surface area (TPSA) is 97.3 Å². The highest BCUT2D eigenvalue weighted by atomic mass is 16.5. The van der Waals surface area contributed by atoms with Crippen molar-refractivity contribution in [2.24, 2.45) is 0 Å². The van der Waals surface area contributed by atoms with Gasteiger partial charge in [0, 0.05) is 30.7 Å². The highest BCUT2D eigenvalue weighted by molar-refractivity contribution is 6.05. The number of aromatic nitrogens is 3. The van der Waals surface area contributed by atoms with Crippen molar-refractivity contribution < 1.29 is 14.3 Å². The number of benzene rings is 1. The van der Waals surface area contributed by atoms with E-state index in [1.165, 1.54) is 6.20 Å². The number of ether oxygens (including phenoxy) is 1. The number of nitrogens with one attached hydrogen (secondary N) is 1. The molecule has 0 aliphatic carbocycles. The summed E-state index contributed by atoms with van der Waals surface area (Å²) in [6.07, 6.45) is 7.47. The van der Waals surface area contributed by atoms with Gasteiger partial charge in [-0.05, 0) is 50.5 Å². The molecule has 1 aliphatic heterocycles. The number of hydrogen-bond donors (Lipinski definition) is 1. The first-order valence-electron chi connectivity index (χ1n) is 10.6. The molecule has 0 spiro atoms. The molecule has 3 heterocycles. The third kappa shape index (κ3) is 4.44. The second kappa shape index (κ2) is 9.55. The highest BCUT2D eigenvalue weighted by Gasteiger charge is 2.31. The molecule has 164 valence electrons. The van der Waals surface area contributed by atoms with Crippen LogP contribution >= 0.6 is 0 Å². The molecule has 0 saturated carbocycles. The molecule has 32 heavy (non-hydrogen) atoms. The SMILES string of the molecule is COc1ccccc1NC(=O)c1cnc([C@@H]2CCCCN2C(=O)c2ccncc2)nc1C. The fraction of sp³-hybridized carbons (Fsp3) is 0.292. The Morgan fingerprint density at radius 2 is 1.91 bits per heavy atom. The maximum absolute atomic E-state index is 13.1. The molecule has 1 atom stereocenters. The number of carbonyl (C=O) groups is 2. The Balaban J connectivity index is 1.56. The molecule has 1 fully saturated rings. The van der Waals surface area contributed by atoms with Gasteiger partial charge in [-0.1, -0.05) is 12.1 Å². The van der Waals surface area contributed by atoms with Crippen molar-refractivity contribution in [3.8, 4) is 5.75 Å². The largest absolute Gasteiger partial charge is 0.495 e. The van der Waals surface area contributed by atoms with Crippen molar-refractivity contribution in [2.75, 3.05) is 19.0 Å². The molecule has 1 aromatic carbocycles. The quantitative estimate of drug-likeness (QED) is 0.660. The molecular weight excluding hydrogens is 406 g/mol. The summed E-state index contributed by atoms with van der Waals surface area (Å²) in [6, 6.07) is 10.4. The average Bonchev–Trinajstić information content (AvgIpc) is 2.84. The lowest BCUT2D eigenvalue weighted by Crippen LogP contribution is -2.39. The van der Waals surface area contributed by atoms with Crippen LogP contribution in [0.3, 0.4) is 0 Å². The Bertz CT molecular complexity index is 1120. The third-order valence-corrected chi connectivity index (χ3v) is 5.59. The zero-order chi connectivity index (χ0) is 22.5. The summed E-state index contributed by atoms with van der Waals surface area (Å²) in [5.74, 6) is 0.755. The first kappa shape index (κ1) is 21.4. The minimum absolute atomic E-state index is 0.0589. The van der Waals surface area contributed by atoms with Gasteiger partial charge >= 0.3 is 0 Å². The van der Waals surface area contributed by atoms with E-state index in [4.69, 9.17) is 4.74 Å². The number of piperidine rings is 1. The molecular formula is C24H25N5O3. The fourth-order valence-corrected chi connectivity index (χ4v) is 3.91. The summed E-state index contributed by atoms with van der Waals surface area (Å²) < 4.78 is 5.29. The van der Waals surface area contributed by atoms with E-state index in [2.05, 4.69) is 20.3 Å². The highest BCUT2D eigenvalue weighted by Crippen LogP contribution is 2.31. The van der Waals surface area contributed by atoms with Crippen molar-refractivity contribution in [2.45, 2.75) is 32.2 Å². The number of methoxy groups -OCH3 is 1. The number of nitrogens with zero attached hydrogens (tertiary/aromatic N) is 4. The predicted octanol–water partition coefficient (Wildman–Crippen LogP) is 3.81. The molecule has 1 N–H and O–H groups in total. The second-order valence-electron chi connectivity index (χ2n) is 7.63. The van der Waals surface area contributed by atoms with Gasteiger partial charge in [0.1, 0.15) is 5.75 Å². The van der Waals surface area contributed by atoms with Crippen LogP contribution in [0.1, 0.15) is 57.5 Å². The predicted molar refractivity (Wildman–Crippen MR) is 120 cm³/mol. The van der Waals surface area contributed by atoms with Crippen molar-refractivity contribution in [3.63, 3.8) is 0 Å². The first-order chi connectivity index (χ1) is 15.6. The molecule has 1 aliphatic rings. The Labute approximate surface area is 186 Å². The van der Waals surface area contributed by atoms with Crippen molar-refractivity contribution in [3.05, 3.63) is 77.6 Å². The zero-order valence-corrected chi connectivity index (χ0v) is 18.1. The van der Waals surface area contributed by atoms with Crippen LogP contribution in [0.15, 0.2) is 55.0 Å². The summed E-state index contributed by atoms with van der Waals surface area (Å²) in [5, 5.41) is 2.85. The Kier molecular flexibility index (Phi) is 6.39.